The Morgan fingerprint density at radius 3 is 2.70 bits per heavy atom. The van der Waals surface area contributed by atoms with Gasteiger partial charge in [-0.3, -0.25) is 0 Å². The molecule has 102 valence electrons. The van der Waals surface area contributed by atoms with Gasteiger partial charge in [-0.05, 0) is 40.5 Å². The first kappa shape index (κ1) is 13.4. The van der Waals surface area contributed by atoms with Crippen molar-refractivity contribution in [1.82, 2.24) is 0 Å². The molecule has 0 fully saturated rings. The molecule has 3 rings (SSSR count). The smallest absolute Gasteiger partial charge is 0.148 e. The van der Waals surface area contributed by atoms with Crippen molar-refractivity contribution in [2.75, 3.05) is 0 Å². The summed E-state index contributed by atoms with van der Waals surface area (Å²) in [6, 6.07) is 15.9. The zero-order valence-corrected chi connectivity index (χ0v) is 12.7. The summed E-state index contributed by atoms with van der Waals surface area (Å²) in [5.74, 6) is 0.605. The minimum Gasteiger partial charge on any atom is -0.457 e. The van der Waals surface area contributed by atoms with E-state index < -0.39 is 6.10 Å². The van der Waals surface area contributed by atoms with Gasteiger partial charge < -0.3 is 9.52 Å². The summed E-state index contributed by atoms with van der Waals surface area (Å²) in [6.07, 6.45) is -0.0739. The maximum absolute atomic E-state index is 10.3. The Bertz CT molecular complexity index is 746. The molecule has 2 nitrogen and oxygen atoms in total. The number of benzene rings is 2. The largest absolute Gasteiger partial charge is 0.457 e. The van der Waals surface area contributed by atoms with Crippen LogP contribution in [0.3, 0.4) is 0 Å². The van der Waals surface area contributed by atoms with Crippen molar-refractivity contribution in [3.05, 3.63) is 69.9 Å². The monoisotopic (exact) mass is 330 g/mol. The number of aryl methyl sites for hydroxylation is 1. The summed E-state index contributed by atoms with van der Waals surface area (Å²) in [6.45, 7) is 2.05. The van der Waals surface area contributed by atoms with E-state index >= 15 is 0 Å². The molecule has 1 N–H and O–H groups in total. The molecule has 0 aliphatic heterocycles. The van der Waals surface area contributed by atoms with Crippen molar-refractivity contribution in [3.63, 3.8) is 0 Å². The molecule has 0 saturated heterocycles. The molecule has 3 aromatic rings. The van der Waals surface area contributed by atoms with Crippen molar-refractivity contribution in [2.45, 2.75) is 19.4 Å². The van der Waals surface area contributed by atoms with Crippen LogP contribution in [0.1, 0.15) is 23.0 Å². The van der Waals surface area contributed by atoms with Crippen LogP contribution >= 0.6 is 15.9 Å². The predicted molar refractivity (Wildman–Crippen MR) is 83.8 cm³/mol. The molecular weight excluding hydrogens is 316 g/mol. The van der Waals surface area contributed by atoms with E-state index in [9.17, 15) is 5.11 Å². The lowest BCUT2D eigenvalue weighted by Gasteiger charge is -2.08. The molecule has 0 aliphatic rings. The highest BCUT2D eigenvalue weighted by Crippen LogP contribution is 2.30. The molecule has 1 heterocycles. The third kappa shape index (κ3) is 2.65. The van der Waals surface area contributed by atoms with E-state index in [4.69, 9.17) is 4.42 Å². The van der Waals surface area contributed by atoms with E-state index in [0.29, 0.717) is 12.2 Å². The Hall–Kier alpha value is -1.58. The quantitative estimate of drug-likeness (QED) is 0.749. The standard InChI is InChI=1S/C17H15BrO2/c1-11-4-2-5-12(8-11)9-15(19)16-10-13-6-3-7-14(18)17(13)20-16/h2-8,10,15,19H,9H2,1H3. The van der Waals surface area contributed by atoms with Gasteiger partial charge in [-0.15, -0.1) is 0 Å². The van der Waals surface area contributed by atoms with Gasteiger partial charge in [0.05, 0.1) is 4.47 Å². The number of aliphatic hydroxyl groups is 1. The summed E-state index contributed by atoms with van der Waals surface area (Å²) in [5, 5.41) is 11.3. The van der Waals surface area contributed by atoms with Crippen LogP contribution in [0, 0.1) is 6.92 Å². The molecule has 1 atom stereocenters. The number of furan rings is 1. The summed E-state index contributed by atoms with van der Waals surface area (Å²) >= 11 is 3.46. The zero-order chi connectivity index (χ0) is 14.1. The lowest BCUT2D eigenvalue weighted by Crippen LogP contribution is -2.00. The van der Waals surface area contributed by atoms with Gasteiger partial charge >= 0.3 is 0 Å². The fraction of sp³-hybridized carbons (Fsp3) is 0.176. The van der Waals surface area contributed by atoms with E-state index in [1.165, 1.54) is 5.56 Å². The van der Waals surface area contributed by atoms with Crippen LogP contribution in [0.4, 0.5) is 0 Å². The lowest BCUT2D eigenvalue weighted by molar-refractivity contribution is 0.152. The van der Waals surface area contributed by atoms with Gasteiger partial charge in [0.2, 0.25) is 0 Å². The number of halogens is 1. The molecule has 1 aromatic heterocycles. The summed E-state index contributed by atoms with van der Waals surface area (Å²) in [4.78, 5) is 0. The van der Waals surface area contributed by atoms with Gasteiger partial charge in [0.1, 0.15) is 17.4 Å². The molecule has 0 radical (unpaired) electrons. The van der Waals surface area contributed by atoms with Gasteiger partial charge in [-0.25, -0.2) is 0 Å². The van der Waals surface area contributed by atoms with Gasteiger partial charge in [-0.1, -0.05) is 42.0 Å². The topological polar surface area (TPSA) is 33.4 Å². The van der Waals surface area contributed by atoms with Crippen LogP contribution in [0.5, 0.6) is 0 Å². The number of aliphatic hydroxyl groups excluding tert-OH is 1. The Morgan fingerprint density at radius 1 is 1.15 bits per heavy atom. The molecular formula is C17H15BrO2. The average Bonchev–Trinajstić information content (AvgIpc) is 2.84. The van der Waals surface area contributed by atoms with Crippen LogP contribution < -0.4 is 0 Å². The van der Waals surface area contributed by atoms with E-state index in [0.717, 1.165) is 21.0 Å². The Labute approximate surface area is 126 Å². The summed E-state index contributed by atoms with van der Waals surface area (Å²) in [7, 11) is 0. The van der Waals surface area contributed by atoms with Gasteiger partial charge in [0, 0.05) is 11.8 Å². The van der Waals surface area contributed by atoms with Gasteiger partial charge in [0.15, 0.2) is 0 Å². The highest BCUT2D eigenvalue weighted by molar-refractivity contribution is 9.10. The summed E-state index contributed by atoms with van der Waals surface area (Å²) in [5.41, 5.74) is 3.09. The molecule has 0 spiro atoms. The fourth-order valence-corrected chi connectivity index (χ4v) is 2.84. The molecule has 20 heavy (non-hydrogen) atoms. The first-order valence-corrected chi connectivity index (χ1v) is 7.34. The van der Waals surface area contributed by atoms with Gasteiger partial charge in [-0.2, -0.15) is 0 Å². The number of fused-ring (bicyclic) bond motifs is 1. The molecule has 0 amide bonds. The maximum atomic E-state index is 10.3. The molecule has 0 bridgehead atoms. The van der Waals surface area contributed by atoms with Crippen molar-refractivity contribution in [1.29, 1.82) is 0 Å². The second kappa shape index (κ2) is 5.43. The first-order chi connectivity index (χ1) is 9.63. The van der Waals surface area contributed by atoms with Crippen LogP contribution in [0.15, 0.2) is 57.4 Å². The predicted octanol–water partition coefficient (Wildman–Crippen LogP) is 4.78. The fourth-order valence-electron chi connectivity index (χ4n) is 2.37. The van der Waals surface area contributed by atoms with Gasteiger partial charge in [0.25, 0.3) is 0 Å². The Kier molecular flexibility index (Phi) is 3.64. The van der Waals surface area contributed by atoms with Crippen molar-refractivity contribution in [2.24, 2.45) is 0 Å². The number of rotatable bonds is 3. The van der Waals surface area contributed by atoms with E-state index in [-0.39, 0.29) is 0 Å². The van der Waals surface area contributed by atoms with Crippen molar-refractivity contribution < 1.29 is 9.52 Å². The molecule has 1 unspecified atom stereocenters. The van der Waals surface area contributed by atoms with Crippen molar-refractivity contribution >= 4 is 26.9 Å². The SMILES string of the molecule is Cc1cccc(CC(O)c2cc3cccc(Br)c3o2)c1. The first-order valence-electron chi connectivity index (χ1n) is 6.55. The van der Waals surface area contributed by atoms with E-state index in [2.05, 4.69) is 22.0 Å². The zero-order valence-electron chi connectivity index (χ0n) is 11.1. The van der Waals surface area contributed by atoms with Crippen LogP contribution in [-0.4, -0.2) is 5.11 Å². The highest BCUT2D eigenvalue weighted by atomic mass is 79.9. The molecule has 0 aliphatic carbocycles. The molecule has 3 heteroatoms. The van der Waals surface area contributed by atoms with Crippen LogP contribution in [0.2, 0.25) is 0 Å². The molecule has 2 aromatic carbocycles. The lowest BCUT2D eigenvalue weighted by atomic mass is 10.0. The summed E-state index contributed by atoms with van der Waals surface area (Å²) < 4.78 is 6.67. The van der Waals surface area contributed by atoms with Crippen molar-refractivity contribution in [3.8, 4) is 0 Å². The Morgan fingerprint density at radius 2 is 1.95 bits per heavy atom. The third-order valence-corrected chi connectivity index (χ3v) is 3.98. The average molecular weight is 331 g/mol. The molecule has 0 saturated carbocycles. The number of para-hydroxylation sites is 1. The normalized spacial score (nSPS) is 12.8. The van der Waals surface area contributed by atoms with E-state index in [1.54, 1.807) is 0 Å². The van der Waals surface area contributed by atoms with Crippen LogP contribution in [0.25, 0.3) is 11.0 Å². The maximum Gasteiger partial charge on any atom is 0.148 e. The minimum absolute atomic E-state index is 0.555. The Balaban J connectivity index is 1.89. The third-order valence-electron chi connectivity index (χ3n) is 3.36. The second-order valence-electron chi connectivity index (χ2n) is 5.02. The highest BCUT2D eigenvalue weighted by Gasteiger charge is 2.15. The number of hydrogen-bond acceptors (Lipinski definition) is 2. The van der Waals surface area contributed by atoms with E-state index in [1.807, 2.05) is 49.4 Å². The second-order valence-corrected chi connectivity index (χ2v) is 5.87. The minimum atomic E-state index is -0.629. The number of hydrogen-bond donors (Lipinski definition) is 1. The van der Waals surface area contributed by atoms with Crippen LogP contribution in [-0.2, 0) is 6.42 Å².